The maximum Gasteiger partial charge on any atom is 0.220 e. The van der Waals surface area contributed by atoms with Crippen molar-refractivity contribution < 1.29 is 9.59 Å². The molecule has 0 aromatic rings. The number of carbonyl (C=O) groups is 2. The van der Waals surface area contributed by atoms with Gasteiger partial charge >= 0.3 is 0 Å². The Balaban J connectivity index is 3.66. The molecule has 0 radical (unpaired) electrons. The van der Waals surface area contributed by atoms with Crippen LogP contribution in [0.2, 0.25) is 0 Å². The highest BCUT2D eigenvalue weighted by Gasteiger charge is 2.10. The molecule has 0 fully saturated rings. The summed E-state index contributed by atoms with van der Waals surface area (Å²) in [5.74, 6) is 0.0581. The SMILES string of the molecule is CNC(=O)CC(C)CC(=O)NC. The molecule has 2 N–H and O–H groups in total. The molecule has 0 rings (SSSR count). The number of carbonyl (C=O) groups excluding carboxylic acids is 2. The smallest absolute Gasteiger partial charge is 0.220 e. The van der Waals surface area contributed by atoms with E-state index in [0.717, 1.165) is 0 Å². The molecular formula is C8H16N2O2. The van der Waals surface area contributed by atoms with Gasteiger partial charge in [-0.05, 0) is 5.92 Å². The first-order valence-electron chi connectivity index (χ1n) is 4.01. The highest BCUT2D eigenvalue weighted by Crippen LogP contribution is 2.06. The van der Waals surface area contributed by atoms with Gasteiger partial charge in [0.25, 0.3) is 0 Å². The monoisotopic (exact) mass is 172 g/mol. The average molecular weight is 172 g/mol. The summed E-state index contributed by atoms with van der Waals surface area (Å²) in [4.78, 5) is 21.7. The molecule has 0 unspecified atom stereocenters. The van der Waals surface area contributed by atoms with Crippen LogP contribution in [0.25, 0.3) is 0 Å². The zero-order valence-electron chi connectivity index (χ0n) is 7.81. The Morgan fingerprint density at radius 2 is 1.42 bits per heavy atom. The fraction of sp³-hybridized carbons (Fsp3) is 0.750. The van der Waals surface area contributed by atoms with Crippen LogP contribution in [0.5, 0.6) is 0 Å². The molecule has 4 heteroatoms. The summed E-state index contributed by atoms with van der Waals surface area (Å²) in [6.07, 6.45) is 0.813. The van der Waals surface area contributed by atoms with Gasteiger partial charge in [0.05, 0.1) is 0 Å². The lowest BCUT2D eigenvalue weighted by atomic mass is 10.0. The van der Waals surface area contributed by atoms with Gasteiger partial charge in [0.2, 0.25) is 11.8 Å². The van der Waals surface area contributed by atoms with E-state index in [1.54, 1.807) is 14.1 Å². The second-order valence-corrected chi connectivity index (χ2v) is 2.86. The maximum absolute atomic E-state index is 10.8. The Morgan fingerprint density at radius 1 is 1.08 bits per heavy atom. The lowest BCUT2D eigenvalue weighted by Gasteiger charge is -2.08. The van der Waals surface area contributed by atoms with Crippen molar-refractivity contribution in [2.24, 2.45) is 5.92 Å². The van der Waals surface area contributed by atoms with Crippen molar-refractivity contribution in [3.63, 3.8) is 0 Å². The highest BCUT2D eigenvalue weighted by atomic mass is 16.2. The van der Waals surface area contributed by atoms with Crippen molar-refractivity contribution in [2.45, 2.75) is 19.8 Å². The molecule has 0 aromatic heterocycles. The molecule has 0 bridgehead atoms. The van der Waals surface area contributed by atoms with Crippen LogP contribution in [0.15, 0.2) is 0 Å². The predicted molar refractivity (Wildman–Crippen MR) is 46.5 cm³/mol. The average Bonchev–Trinajstić information content (AvgIpc) is 2.03. The van der Waals surface area contributed by atoms with Gasteiger partial charge in [-0.3, -0.25) is 9.59 Å². The van der Waals surface area contributed by atoms with Crippen LogP contribution in [-0.2, 0) is 9.59 Å². The summed E-state index contributed by atoms with van der Waals surface area (Å²) in [7, 11) is 3.18. The lowest BCUT2D eigenvalue weighted by molar-refractivity contribution is -0.123. The molecule has 2 amide bonds. The molecule has 0 saturated carbocycles. The summed E-state index contributed by atoms with van der Waals surface area (Å²) in [6, 6.07) is 0. The van der Waals surface area contributed by atoms with Crippen LogP contribution in [0.4, 0.5) is 0 Å². The summed E-state index contributed by atoms with van der Waals surface area (Å²) >= 11 is 0. The van der Waals surface area contributed by atoms with Crippen LogP contribution in [0, 0.1) is 5.92 Å². The largest absolute Gasteiger partial charge is 0.359 e. The number of amides is 2. The Kier molecular flexibility index (Phi) is 5.08. The molecule has 0 aliphatic heterocycles. The topological polar surface area (TPSA) is 58.2 Å². The first-order chi connectivity index (χ1) is 5.60. The van der Waals surface area contributed by atoms with Crippen LogP contribution >= 0.6 is 0 Å². The Labute approximate surface area is 72.7 Å². The van der Waals surface area contributed by atoms with Crippen molar-refractivity contribution in [1.82, 2.24) is 10.6 Å². The second kappa shape index (κ2) is 5.57. The van der Waals surface area contributed by atoms with Gasteiger partial charge < -0.3 is 10.6 Å². The van der Waals surface area contributed by atoms with Crippen molar-refractivity contribution in [2.75, 3.05) is 14.1 Å². The van der Waals surface area contributed by atoms with Crippen LogP contribution in [0.1, 0.15) is 19.8 Å². The molecule has 0 aromatic carbocycles. The van der Waals surface area contributed by atoms with Crippen molar-refractivity contribution in [3.8, 4) is 0 Å². The molecule has 12 heavy (non-hydrogen) atoms. The standard InChI is InChI=1S/C8H16N2O2/c1-6(4-7(11)9-2)5-8(12)10-3/h6H,4-5H2,1-3H3,(H,9,11)(H,10,12). The van der Waals surface area contributed by atoms with Crippen molar-refractivity contribution >= 4 is 11.8 Å². The number of hydrogen-bond donors (Lipinski definition) is 2. The fourth-order valence-corrected chi connectivity index (χ4v) is 0.909. The van der Waals surface area contributed by atoms with E-state index in [1.807, 2.05) is 6.92 Å². The van der Waals surface area contributed by atoms with E-state index in [1.165, 1.54) is 0 Å². The van der Waals surface area contributed by atoms with Crippen molar-refractivity contribution in [3.05, 3.63) is 0 Å². The number of hydrogen-bond acceptors (Lipinski definition) is 2. The molecule has 0 spiro atoms. The zero-order chi connectivity index (χ0) is 9.56. The predicted octanol–water partition coefficient (Wildman–Crippen LogP) is -0.105. The second-order valence-electron chi connectivity index (χ2n) is 2.86. The number of nitrogens with one attached hydrogen (secondary N) is 2. The Hall–Kier alpha value is -1.06. The summed E-state index contributed by atoms with van der Waals surface area (Å²) in [5, 5.41) is 5.03. The van der Waals surface area contributed by atoms with Gasteiger partial charge in [-0.25, -0.2) is 0 Å². The van der Waals surface area contributed by atoms with E-state index in [9.17, 15) is 9.59 Å². The summed E-state index contributed by atoms with van der Waals surface area (Å²) < 4.78 is 0. The third kappa shape index (κ3) is 4.71. The molecular weight excluding hydrogens is 156 g/mol. The Morgan fingerprint density at radius 3 is 1.67 bits per heavy atom. The van der Waals surface area contributed by atoms with E-state index >= 15 is 0 Å². The third-order valence-electron chi connectivity index (χ3n) is 1.63. The fourth-order valence-electron chi connectivity index (χ4n) is 0.909. The van der Waals surface area contributed by atoms with Gasteiger partial charge in [-0.2, -0.15) is 0 Å². The minimum Gasteiger partial charge on any atom is -0.359 e. The first kappa shape index (κ1) is 10.9. The summed E-state index contributed by atoms with van der Waals surface area (Å²) in [5.41, 5.74) is 0. The van der Waals surface area contributed by atoms with Crippen molar-refractivity contribution in [1.29, 1.82) is 0 Å². The van der Waals surface area contributed by atoms with E-state index < -0.39 is 0 Å². The van der Waals surface area contributed by atoms with Gasteiger partial charge in [-0.1, -0.05) is 6.92 Å². The highest BCUT2D eigenvalue weighted by molar-refractivity contribution is 5.78. The first-order valence-corrected chi connectivity index (χ1v) is 4.01. The molecule has 70 valence electrons. The number of rotatable bonds is 4. The molecule has 0 heterocycles. The quantitative estimate of drug-likeness (QED) is 0.622. The third-order valence-corrected chi connectivity index (χ3v) is 1.63. The normalized spacial score (nSPS) is 9.67. The summed E-state index contributed by atoms with van der Waals surface area (Å²) in [6.45, 7) is 1.88. The minimum atomic E-state index is -0.0218. The lowest BCUT2D eigenvalue weighted by Crippen LogP contribution is -2.24. The van der Waals surface area contributed by atoms with E-state index in [2.05, 4.69) is 10.6 Å². The molecule has 0 saturated heterocycles. The molecule has 0 atom stereocenters. The van der Waals surface area contributed by atoms with E-state index in [0.29, 0.717) is 12.8 Å². The maximum atomic E-state index is 10.8. The van der Waals surface area contributed by atoms with Crippen LogP contribution < -0.4 is 10.6 Å². The molecule has 0 aliphatic rings. The van der Waals surface area contributed by atoms with Gasteiger partial charge in [0.15, 0.2) is 0 Å². The van der Waals surface area contributed by atoms with E-state index in [-0.39, 0.29) is 17.7 Å². The molecule has 4 nitrogen and oxygen atoms in total. The Bertz CT molecular complexity index is 150. The van der Waals surface area contributed by atoms with Crippen LogP contribution in [-0.4, -0.2) is 25.9 Å². The van der Waals surface area contributed by atoms with Gasteiger partial charge in [0.1, 0.15) is 0 Å². The van der Waals surface area contributed by atoms with Gasteiger partial charge in [-0.15, -0.1) is 0 Å². The molecule has 0 aliphatic carbocycles. The zero-order valence-corrected chi connectivity index (χ0v) is 7.81. The minimum absolute atomic E-state index is 0.0218. The van der Waals surface area contributed by atoms with Crippen LogP contribution in [0.3, 0.4) is 0 Å². The van der Waals surface area contributed by atoms with Gasteiger partial charge in [0, 0.05) is 26.9 Å². The van der Waals surface area contributed by atoms with E-state index in [4.69, 9.17) is 0 Å².